The van der Waals surface area contributed by atoms with E-state index < -0.39 is 5.97 Å². The molecular formula is C34H38N2O4. The lowest BCUT2D eigenvalue weighted by atomic mass is 9.74. The van der Waals surface area contributed by atoms with E-state index in [1.54, 1.807) is 14.0 Å². The number of para-hydroxylation sites is 1. The number of aliphatic carboxylic acids is 1. The number of piperidine rings is 1. The van der Waals surface area contributed by atoms with Crippen molar-refractivity contribution >= 4 is 11.7 Å². The summed E-state index contributed by atoms with van der Waals surface area (Å²) in [5.41, 5.74) is 6.28. The Labute approximate surface area is 237 Å². The number of nitrogens with zero attached hydrogens (tertiary/aromatic N) is 2. The van der Waals surface area contributed by atoms with Gasteiger partial charge in [-0.05, 0) is 73.8 Å². The van der Waals surface area contributed by atoms with Crippen LogP contribution in [0, 0.1) is 11.8 Å². The minimum absolute atomic E-state index is 0.0171. The Bertz CT molecular complexity index is 1400. The molecule has 0 radical (unpaired) electrons. The number of methoxy groups -OCH3 is 1. The second-order valence-electron chi connectivity index (χ2n) is 11.0. The monoisotopic (exact) mass is 538 g/mol. The van der Waals surface area contributed by atoms with Crippen molar-refractivity contribution in [2.75, 3.05) is 38.7 Å². The first-order chi connectivity index (χ1) is 19.4. The average Bonchev–Trinajstić information content (AvgIpc) is 3.24. The maximum absolute atomic E-state index is 11.2. The topological polar surface area (TPSA) is 62.2 Å². The zero-order chi connectivity index (χ0) is 28.1. The van der Waals surface area contributed by atoms with Crippen LogP contribution in [0.15, 0.2) is 66.7 Å². The average molecular weight is 539 g/mol. The molecule has 1 spiro atoms. The second kappa shape index (κ2) is 12.1. The summed E-state index contributed by atoms with van der Waals surface area (Å²) < 4.78 is 11.8. The van der Waals surface area contributed by atoms with Gasteiger partial charge in [0.2, 0.25) is 0 Å². The van der Waals surface area contributed by atoms with Crippen LogP contribution in [0.3, 0.4) is 0 Å². The highest BCUT2D eigenvalue weighted by Gasteiger charge is 2.43. The Morgan fingerprint density at radius 1 is 1.07 bits per heavy atom. The predicted molar refractivity (Wildman–Crippen MR) is 158 cm³/mol. The SMILES string of the molecule is CC#CC(CC(=O)O)c1ccc(OCc2ccc(CN3CCC4(CC3)CN(C)c3ccccc34)c(OC)c2)cc1. The molecule has 2 aliphatic heterocycles. The van der Waals surface area contributed by atoms with Crippen molar-refractivity contribution in [2.45, 2.75) is 50.7 Å². The van der Waals surface area contributed by atoms with E-state index in [0.29, 0.717) is 6.61 Å². The summed E-state index contributed by atoms with van der Waals surface area (Å²) in [6.45, 7) is 6.27. The van der Waals surface area contributed by atoms with Crippen LogP contribution in [0.2, 0.25) is 0 Å². The maximum atomic E-state index is 11.2. The van der Waals surface area contributed by atoms with Crippen LogP contribution in [0.1, 0.15) is 54.4 Å². The zero-order valence-corrected chi connectivity index (χ0v) is 23.7. The van der Waals surface area contributed by atoms with E-state index in [2.05, 4.69) is 71.2 Å². The zero-order valence-electron chi connectivity index (χ0n) is 23.7. The van der Waals surface area contributed by atoms with Gasteiger partial charge in [-0.25, -0.2) is 0 Å². The first kappa shape index (κ1) is 27.6. The van der Waals surface area contributed by atoms with Crippen molar-refractivity contribution in [1.29, 1.82) is 0 Å². The molecule has 0 amide bonds. The molecule has 6 heteroatoms. The van der Waals surface area contributed by atoms with Gasteiger partial charge in [0.05, 0.1) is 19.4 Å². The van der Waals surface area contributed by atoms with Crippen molar-refractivity contribution in [3.8, 4) is 23.3 Å². The number of likely N-dealkylation sites (tertiary alicyclic amines) is 1. The Morgan fingerprint density at radius 2 is 1.82 bits per heavy atom. The van der Waals surface area contributed by atoms with Crippen LogP contribution in [-0.2, 0) is 23.4 Å². The third-order valence-electron chi connectivity index (χ3n) is 8.37. The van der Waals surface area contributed by atoms with E-state index >= 15 is 0 Å². The Kier molecular flexibility index (Phi) is 8.32. The molecular weight excluding hydrogens is 500 g/mol. The Hall–Kier alpha value is -3.95. The van der Waals surface area contributed by atoms with Gasteiger partial charge in [0, 0.05) is 36.8 Å². The summed E-state index contributed by atoms with van der Waals surface area (Å²) in [6.07, 6.45) is 2.32. The minimum Gasteiger partial charge on any atom is -0.496 e. The second-order valence-corrected chi connectivity index (χ2v) is 11.0. The summed E-state index contributed by atoms with van der Waals surface area (Å²) >= 11 is 0. The molecule has 0 saturated carbocycles. The fourth-order valence-corrected chi connectivity index (χ4v) is 6.26. The number of carboxylic acid groups (broad SMARTS) is 1. The van der Waals surface area contributed by atoms with E-state index in [1.165, 1.54) is 29.7 Å². The lowest BCUT2D eigenvalue weighted by Gasteiger charge is -2.40. The molecule has 2 aliphatic rings. The van der Waals surface area contributed by atoms with Gasteiger partial charge in [0.15, 0.2) is 0 Å². The van der Waals surface area contributed by atoms with Crippen LogP contribution in [0.25, 0.3) is 0 Å². The van der Waals surface area contributed by atoms with Gasteiger partial charge in [-0.2, -0.15) is 0 Å². The van der Waals surface area contributed by atoms with Gasteiger partial charge in [-0.1, -0.05) is 48.4 Å². The van der Waals surface area contributed by atoms with Crippen LogP contribution >= 0.6 is 0 Å². The minimum atomic E-state index is -0.859. The number of ether oxygens (including phenoxy) is 2. The standard InChI is InChI=1S/C34H38N2O4/c1-4-7-27(21-33(37)38)26-12-14-29(15-13-26)40-23-25-10-11-28(32(20-25)39-3)22-36-18-16-34(17-19-36)24-35(2)31-9-6-5-8-30(31)34/h5-6,8-15,20,27H,16-19,21-24H2,1-3H3,(H,37,38). The molecule has 1 atom stereocenters. The highest BCUT2D eigenvalue weighted by atomic mass is 16.5. The van der Waals surface area contributed by atoms with Gasteiger partial charge in [-0.15, -0.1) is 5.92 Å². The van der Waals surface area contributed by atoms with Gasteiger partial charge < -0.3 is 19.5 Å². The molecule has 1 unspecified atom stereocenters. The molecule has 5 rings (SSSR count). The molecule has 6 nitrogen and oxygen atoms in total. The van der Waals surface area contributed by atoms with E-state index in [-0.39, 0.29) is 17.8 Å². The van der Waals surface area contributed by atoms with Crippen molar-refractivity contribution in [3.63, 3.8) is 0 Å². The summed E-state index contributed by atoms with van der Waals surface area (Å²) in [6, 6.07) is 22.8. The molecule has 1 N–H and O–H groups in total. The molecule has 3 aromatic rings. The van der Waals surface area contributed by atoms with Crippen LogP contribution in [0.5, 0.6) is 11.5 Å². The lowest BCUT2D eigenvalue weighted by Crippen LogP contribution is -2.44. The molecule has 3 aromatic carbocycles. The largest absolute Gasteiger partial charge is 0.496 e. The van der Waals surface area contributed by atoms with Gasteiger partial charge in [0.1, 0.15) is 18.1 Å². The van der Waals surface area contributed by atoms with E-state index in [0.717, 1.165) is 48.8 Å². The van der Waals surface area contributed by atoms with E-state index in [4.69, 9.17) is 14.6 Å². The van der Waals surface area contributed by atoms with Crippen LogP contribution in [0.4, 0.5) is 5.69 Å². The van der Waals surface area contributed by atoms with Crippen molar-refractivity contribution in [2.24, 2.45) is 0 Å². The molecule has 0 aromatic heterocycles. The molecule has 208 valence electrons. The van der Waals surface area contributed by atoms with Gasteiger partial charge in [-0.3, -0.25) is 9.69 Å². The molecule has 1 saturated heterocycles. The summed E-state index contributed by atoms with van der Waals surface area (Å²) in [4.78, 5) is 16.1. The van der Waals surface area contributed by atoms with E-state index in [1.807, 2.05) is 24.3 Å². The molecule has 2 heterocycles. The summed E-state index contributed by atoms with van der Waals surface area (Å²) in [5.74, 6) is 6.24. The predicted octanol–water partition coefficient (Wildman–Crippen LogP) is 5.84. The van der Waals surface area contributed by atoms with E-state index in [9.17, 15) is 4.79 Å². The van der Waals surface area contributed by atoms with Gasteiger partial charge in [0.25, 0.3) is 0 Å². The number of carboxylic acids is 1. The summed E-state index contributed by atoms with van der Waals surface area (Å²) in [7, 11) is 3.94. The molecule has 0 aliphatic carbocycles. The first-order valence-corrected chi connectivity index (χ1v) is 14.0. The molecule has 0 bridgehead atoms. The lowest BCUT2D eigenvalue weighted by molar-refractivity contribution is -0.137. The fraction of sp³-hybridized carbons (Fsp3) is 0.382. The molecule has 40 heavy (non-hydrogen) atoms. The number of fused-ring (bicyclic) bond motifs is 2. The third kappa shape index (κ3) is 5.95. The number of hydrogen-bond acceptors (Lipinski definition) is 5. The van der Waals surface area contributed by atoms with Crippen LogP contribution in [-0.4, -0.2) is 49.8 Å². The Morgan fingerprint density at radius 3 is 2.52 bits per heavy atom. The smallest absolute Gasteiger partial charge is 0.304 e. The normalized spacial score (nSPS) is 16.6. The van der Waals surface area contributed by atoms with Crippen molar-refractivity contribution in [3.05, 3.63) is 89.0 Å². The number of anilines is 1. The highest BCUT2D eigenvalue weighted by molar-refractivity contribution is 5.69. The third-order valence-corrected chi connectivity index (χ3v) is 8.37. The maximum Gasteiger partial charge on any atom is 0.304 e. The van der Waals surface area contributed by atoms with Crippen molar-refractivity contribution in [1.82, 2.24) is 4.90 Å². The van der Waals surface area contributed by atoms with Crippen LogP contribution < -0.4 is 14.4 Å². The number of likely N-dealkylation sites (N-methyl/N-ethyl adjacent to an activating group) is 1. The number of benzene rings is 3. The van der Waals surface area contributed by atoms with Gasteiger partial charge >= 0.3 is 5.97 Å². The Balaban J connectivity index is 1.18. The summed E-state index contributed by atoms with van der Waals surface area (Å²) in [5, 5.41) is 9.17. The van der Waals surface area contributed by atoms with Crippen molar-refractivity contribution < 1.29 is 19.4 Å². The first-order valence-electron chi connectivity index (χ1n) is 14.0. The number of hydrogen-bond donors (Lipinski definition) is 1. The quantitative estimate of drug-likeness (QED) is 0.346. The number of carbonyl (C=O) groups is 1. The number of rotatable bonds is 9. The molecule has 1 fully saturated rings. The highest BCUT2D eigenvalue weighted by Crippen LogP contribution is 2.46. The fourth-order valence-electron chi connectivity index (χ4n) is 6.26.